The van der Waals surface area contributed by atoms with Crippen molar-refractivity contribution in [2.24, 2.45) is 0 Å². The molecule has 5 rings (SSSR count). The molecule has 0 fully saturated rings. The van der Waals surface area contributed by atoms with Crippen LogP contribution in [0.2, 0.25) is 0 Å². The van der Waals surface area contributed by atoms with Crippen LogP contribution in [-0.2, 0) is 4.79 Å². The number of benzene rings is 3. The van der Waals surface area contributed by atoms with Gasteiger partial charge < -0.3 is 10.7 Å². The van der Waals surface area contributed by atoms with Gasteiger partial charge in [0.1, 0.15) is 5.25 Å². The van der Waals surface area contributed by atoms with Gasteiger partial charge in [0.25, 0.3) is 0 Å². The van der Waals surface area contributed by atoms with Crippen LogP contribution in [0.15, 0.2) is 84.0 Å². The summed E-state index contributed by atoms with van der Waals surface area (Å²) in [6.45, 7) is 4.05. The number of aromatic nitrogens is 3. The molecule has 0 saturated heterocycles. The van der Waals surface area contributed by atoms with Gasteiger partial charge in [-0.25, -0.2) is 4.68 Å². The molecule has 7 heteroatoms. The summed E-state index contributed by atoms with van der Waals surface area (Å²) < 4.78 is 1.89. The van der Waals surface area contributed by atoms with Crippen LogP contribution in [0.4, 0.5) is 5.69 Å². The number of amides is 1. The van der Waals surface area contributed by atoms with Gasteiger partial charge in [0, 0.05) is 11.3 Å². The quantitative estimate of drug-likeness (QED) is 0.468. The topological polar surface area (TPSA) is 71.8 Å². The van der Waals surface area contributed by atoms with Crippen LogP contribution in [0.25, 0.3) is 11.4 Å². The van der Waals surface area contributed by atoms with Crippen molar-refractivity contribution in [3.63, 3.8) is 0 Å². The van der Waals surface area contributed by atoms with Gasteiger partial charge in [-0.1, -0.05) is 90.1 Å². The highest BCUT2D eigenvalue weighted by Gasteiger charge is 2.38. The monoisotopic (exact) mass is 441 g/mol. The first kappa shape index (κ1) is 20.3. The normalized spacial score (nSPS) is 17.3. The Morgan fingerprint density at radius 3 is 2.41 bits per heavy atom. The SMILES string of the molecule is Cc1ccc(NC(=O)[C@@H]2Sc3nnc(-c4ccccc4)n3N[C@@H]2c2ccccc2)c(C)c1. The van der Waals surface area contributed by atoms with E-state index in [0.717, 1.165) is 33.8 Å². The third-order valence-electron chi connectivity index (χ3n) is 5.53. The summed E-state index contributed by atoms with van der Waals surface area (Å²) in [6.07, 6.45) is 0. The molecule has 0 bridgehead atoms. The summed E-state index contributed by atoms with van der Waals surface area (Å²) in [5.74, 6) is 0.654. The Morgan fingerprint density at radius 2 is 1.69 bits per heavy atom. The van der Waals surface area contributed by atoms with Crippen LogP contribution in [0.1, 0.15) is 22.7 Å². The van der Waals surface area contributed by atoms with E-state index in [4.69, 9.17) is 0 Å². The lowest BCUT2D eigenvalue weighted by Crippen LogP contribution is -2.41. The maximum atomic E-state index is 13.4. The first-order valence-corrected chi connectivity index (χ1v) is 11.4. The molecule has 0 saturated carbocycles. The Balaban J connectivity index is 1.50. The van der Waals surface area contributed by atoms with Crippen molar-refractivity contribution in [1.82, 2.24) is 14.9 Å². The predicted octanol–water partition coefficient (Wildman–Crippen LogP) is 4.96. The second-order valence-electron chi connectivity index (χ2n) is 7.87. The van der Waals surface area contributed by atoms with Gasteiger partial charge in [0.05, 0.1) is 6.04 Å². The number of nitrogens with one attached hydrogen (secondary N) is 2. The van der Waals surface area contributed by atoms with Crippen LogP contribution in [-0.4, -0.2) is 26.0 Å². The molecule has 3 aromatic carbocycles. The molecule has 160 valence electrons. The van der Waals surface area contributed by atoms with Crippen LogP contribution in [0, 0.1) is 13.8 Å². The number of fused-ring (bicyclic) bond motifs is 1. The van der Waals surface area contributed by atoms with Crippen molar-refractivity contribution in [1.29, 1.82) is 0 Å². The van der Waals surface area contributed by atoms with Gasteiger partial charge in [-0.15, -0.1) is 10.2 Å². The maximum absolute atomic E-state index is 13.4. The first-order valence-electron chi connectivity index (χ1n) is 10.5. The van der Waals surface area contributed by atoms with E-state index >= 15 is 0 Å². The minimum absolute atomic E-state index is 0.0705. The van der Waals surface area contributed by atoms with Gasteiger partial charge in [-0.2, -0.15) is 0 Å². The molecule has 2 N–H and O–H groups in total. The third kappa shape index (κ3) is 3.87. The minimum atomic E-state index is -0.418. The van der Waals surface area contributed by atoms with E-state index in [9.17, 15) is 4.79 Å². The van der Waals surface area contributed by atoms with E-state index in [2.05, 4.69) is 27.0 Å². The molecule has 1 amide bonds. The fourth-order valence-corrected chi connectivity index (χ4v) is 4.98. The van der Waals surface area contributed by atoms with Crippen LogP contribution in [0.3, 0.4) is 0 Å². The lowest BCUT2D eigenvalue weighted by atomic mass is 10.0. The molecule has 32 heavy (non-hydrogen) atoms. The summed E-state index contributed by atoms with van der Waals surface area (Å²) in [7, 11) is 0. The van der Waals surface area contributed by atoms with Crippen LogP contribution >= 0.6 is 11.8 Å². The Bertz CT molecular complexity index is 1260. The largest absolute Gasteiger partial charge is 0.325 e. The zero-order valence-corrected chi connectivity index (χ0v) is 18.6. The molecule has 2 atom stereocenters. The fraction of sp³-hybridized carbons (Fsp3) is 0.160. The molecule has 0 spiro atoms. The van der Waals surface area contributed by atoms with Gasteiger partial charge in [-0.05, 0) is 31.0 Å². The van der Waals surface area contributed by atoms with Gasteiger partial charge >= 0.3 is 0 Å². The number of carbonyl (C=O) groups excluding carboxylic acids is 1. The highest BCUT2D eigenvalue weighted by Crippen LogP contribution is 2.39. The summed E-state index contributed by atoms with van der Waals surface area (Å²) in [4.78, 5) is 13.4. The van der Waals surface area contributed by atoms with Crippen molar-refractivity contribution >= 4 is 23.4 Å². The summed E-state index contributed by atoms with van der Waals surface area (Å²) in [5, 5.41) is 12.1. The standard InChI is InChI=1S/C25H23N5OS/c1-16-13-14-20(17(2)15-16)26-24(31)22-21(18-9-5-3-6-10-18)29-30-23(27-28-25(30)32-22)19-11-7-4-8-12-19/h3-15,21-22,29H,1-2H3,(H,26,31)/t21-,22-/m1/s1. The smallest absolute Gasteiger partial charge is 0.240 e. The van der Waals surface area contributed by atoms with Crippen LogP contribution < -0.4 is 10.7 Å². The Labute approximate surface area is 191 Å². The van der Waals surface area contributed by atoms with Crippen molar-refractivity contribution in [2.45, 2.75) is 30.3 Å². The van der Waals surface area contributed by atoms with E-state index in [1.54, 1.807) is 0 Å². The number of anilines is 1. The van der Waals surface area contributed by atoms with Crippen molar-refractivity contribution in [3.8, 4) is 11.4 Å². The second-order valence-corrected chi connectivity index (χ2v) is 8.98. The third-order valence-corrected chi connectivity index (χ3v) is 6.74. The van der Waals surface area contributed by atoms with Crippen molar-refractivity contribution in [3.05, 3.63) is 95.6 Å². The van der Waals surface area contributed by atoms with E-state index < -0.39 is 5.25 Å². The van der Waals surface area contributed by atoms with Crippen LogP contribution in [0.5, 0.6) is 0 Å². The molecule has 1 aliphatic heterocycles. The molecule has 1 aliphatic rings. The van der Waals surface area contributed by atoms with Gasteiger partial charge in [0.2, 0.25) is 11.1 Å². The molecular weight excluding hydrogens is 418 g/mol. The predicted molar refractivity (Wildman–Crippen MR) is 128 cm³/mol. The Hall–Kier alpha value is -3.58. The van der Waals surface area contributed by atoms with Gasteiger partial charge in [-0.3, -0.25) is 4.79 Å². The van der Waals surface area contributed by atoms with E-state index in [-0.39, 0.29) is 11.9 Å². The molecule has 0 aliphatic carbocycles. The van der Waals surface area contributed by atoms with Crippen molar-refractivity contribution < 1.29 is 4.79 Å². The lowest BCUT2D eigenvalue weighted by molar-refractivity contribution is -0.116. The van der Waals surface area contributed by atoms with E-state index in [0.29, 0.717) is 5.16 Å². The number of hydrogen-bond donors (Lipinski definition) is 2. The molecule has 0 unspecified atom stereocenters. The highest BCUT2D eigenvalue weighted by atomic mass is 32.2. The van der Waals surface area contributed by atoms with E-state index in [1.807, 2.05) is 91.3 Å². The number of carbonyl (C=O) groups is 1. The number of rotatable bonds is 4. The maximum Gasteiger partial charge on any atom is 0.240 e. The number of hydrogen-bond acceptors (Lipinski definition) is 5. The molecule has 2 heterocycles. The minimum Gasteiger partial charge on any atom is -0.325 e. The molecule has 6 nitrogen and oxygen atoms in total. The highest BCUT2D eigenvalue weighted by molar-refractivity contribution is 8.00. The first-order chi connectivity index (χ1) is 15.6. The second kappa shape index (κ2) is 8.51. The average molecular weight is 442 g/mol. The number of nitrogens with zero attached hydrogens (tertiary/aromatic N) is 3. The summed E-state index contributed by atoms with van der Waals surface area (Å²) in [6, 6.07) is 25.7. The lowest BCUT2D eigenvalue weighted by Gasteiger charge is -2.33. The fourth-order valence-electron chi connectivity index (χ4n) is 3.90. The molecular formula is C25H23N5OS. The van der Waals surface area contributed by atoms with Gasteiger partial charge in [0.15, 0.2) is 5.82 Å². The van der Waals surface area contributed by atoms with Crippen molar-refractivity contribution in [2.75, 3.05) is 10.7 Å². The number of aryl methyl sites for hydroxylation is 2. The summed E-state index contributed by atoms with van der Waals surface area (Å²) >= 11 is 1.43. The molecule has 4 aromatic rings. The van der Waals surface area contributed by atoms with E-state index in [1.165, 1.54) is 11.8 Å². The zero-order valence-electron chi connectivity index (χ0n) is 17.8. The Morgan fingerprint density at radius 1 is 0.969 bits per heavy atom. The average Bonchev–Trinajstić information content (AvgIpc) is 3.24. The Kier molecular flexibility index (Phi) is 5.41. The number of thioether (sulfide) groups is 1. The molecule has 0 radical (unpaired) electrons. The summed E-state index contributed by atoms with van der Waals surface area (Å²) in [5.41, 5.74) is 8.53. The zero-order chi connectivity index (χ0) is 22.1. The molecule has 1 aromatic heterocycles.